The van der Waals surface area contributed by atoms with Gasteiger partial charge in [0.25, 0.3) is 10.0 Å². The molecule has 1 aliphatic rings. The maximum atomic E-state index is 13.5. The third-order valence-corrected chi connectivity index (χ3v) is 11.1. The van der Waals surface area contributed by atoms with Crippen molar-refractivity contribution in [1.82, 2.24) is 14.4 Å². The van der Waals surface area contributed by atoms with Crippen LogP contribution in [0.1, 0.15) is 30.9 Å². The molecule has 0 spiro atoms. The van der Waals surface area contributed by atoms with Gasteiger partial charge in [-0.25, -0.2) is 16.8 Å². The number of hydrogen-bond acceptors (Lipinski definition) is 9. The summed E-state index contributed by atoms with van der Waals surface area (Å²) >= 11 is 5.94. The Morgan fingerprint density at radius 2 is 1.84 bits per heavy atom. The van der Waals surface area contributed by atoms with E-state index in [1.54, 1.807) is 13.0 Å². The van der Waals surface area contributed by atoms with Crippen LogP contribution in [0.2, 0.25) is 5.02 Å². The summed E-state index contributed by atoms with van der Waals surface area (Å²) in [7, 11) is -6.52. The third kappa shape index (κ3) is 7.15. The Labute approximate surface area is 256 Å². The molecule has 4 rings (SSSR count). The molecule has 2 aromatic carbocycles. The topological polar surface area (TPSA) is 159 Å². The number of nitrogens with zero attached hydrogens (tertiary/aromatic N) is 3. The fraction of sp³-hybridized carbons (Fsp3) is 0.429. The summed E-state index contributed by atoms with van der Waals surface area (Å²) in [5, 5.41) is 14.0. The molecule has 1 aliphatic heterocycles. The van der Waals surface area contributed by atoms with Crippen LogP contribution in [0.25, 0.3) is 0 Å². The number of carbonyl (C=O) groups is 1. The van der Waals surface area contributed by atoms with Crippen molar-refractivity contribution in [2.75, 3.05) is 31.5 Å². The standard InChI is InChI=1S/C28H35ClN4O8S2/c1-17-14-33(18(2)16-34)27(35)13-21-12-23(31-42(36,37)28-19(3)30-41-20(28)4)8-11-25(21)40-26(17)15-32(5)43(38,39)24-9-6-22(29)7-10-24/h6-12,17-18,26,31,34H,13-16H2,1-5H3/t17-,18+,26+/m1/s1. The number of ether oxygens (including phenoxy) is 1. The molecule has 0 radical (unpaired) electrons. The van der Waals surface area contributed by atoms with Gasteiger partial charge in [-0.05, 0) is 63.2 Å². The lowest BCUT2D eigenvalue weighted by Gasteiger charge is -2.33. The number of amides is 1. The largest absolute Gasteiger partial charge is 0.488 e. The van der Waals surface area contributed by atoms with E-state index < -0.39 is 32.2 Å². The molecular weight excluding hydrogens is 620 g/mol. The zero-order valence-electron chi connectivity index (χ0n) is 24.4. The maximum Gasteiger partial charge on any atom is 0.267 e. The van der Waals surface area contributed by atoms with Gasteiger partial charge in [0, 0.05) is 35.8 Å². The van der Waals surface area contributed by atoms with Gasteiger partial charge in [-0.1, -0.05) is 23.7 Å². The number of fused-ring (bicyclic) bond motifs is 1. The molecule has 0 saturated carbocycles. The number of aliphatic hydroxyl groups excluding tert-OH is 1. The van der Waals surface area contributed by atoms with E-state index in [9.17, 15) is 26.7 Å². The number of nitrogens with one attached hydrogen (secondary N) is 1. The van der Waals surface area contributed by atoms with E-state index in [0.29, 0.717) is 16.3 Å². The lowest BCUT2D eigenvalue weighted by molar-refractivity contribution is -0.134. The van der Waals surface area contributed by atoms with Crippen LogP contribution in [0.5, 0.6) is 5.75 Å². The van der Waals surface area contributed by atoms with Gasteiger partial charge in [0.05, 0.1) is 30.5 Å². The molecule has 1 amide bonds. The van der Waals surface area contributed by atoms with Gasteiger partial charge in [0.2, 0.25) is 15.9 Å². The van der Waals surface area contributed by atoms with Crippen LogP contribution in [0.4, 0.5) is 5.69 Å². The number of rotatable bonds is 9. The first-order chi connectivity index (χ1) is 20.1. The van der Waals surface area contributed by atoms with Crippen molar-refractivity contribution >= 4 is 43.2 Å². The number of benzene rings is 2. The Bertz CT molecular complexity index is 1670. The average Bonchev–Trinajstić information content (AvgIpc) is 3.31. The molecule has 1 aromatic heterocycles. The molecule has 12 nitrogen and oxygen atoms in total. The molecule has 0 aliphatic carbocycles. The molecule has 0 fully saturated rings. The fourth-order valence-electron chi connectivity index (χ4n) is 4.91. The van der Waals surface area contributed by atoms with Gasteiger partial charge in [0.15, 0.2) is 10.7 Å². The summed E-state index contributed by atoms with van der Waals surface area (Å²) in [4.78, 5) is 15.0. The number of hydrogen-bond donors (Lipinski definition) is 2. The van der Waals surface area contributed by atoms with Crippen molar-refractivity contribution in [3.05, 3.63) is 64.5 Å². The minimum Gasteiger partial charge on any atom is -0.488 e. The second-order valence-corrected chi connectivity index (χ2v) is 14.8. The highest BCUT2D eigenvalue weighted by molar-refractivity contribution is 7.92. The Morgan fingerprint density at radius 3 is 2.44 bits per heavy atom. The smallest absolute Gasteiger partial charge is 0.267 e. The average molecular weight is 655 g/mol. The van der Waals surface area contributed by atoms with Crippen molar-refractivity contribution in [2.45, 2.75) is 56.1 Å². The van der Waals surface area contributed by atoms with Crippen molar-refractivity contribution in [1.29, 1.82) is 0 Å². The summed E-state index contributed by atoms with van der Waals surface area (Å²) in [6, 6.07) is 9.87. The normalized spacial score (nSPS) is 18.8. The van der Waals surface area contributed by atoms with Gasteiger partial charge in [-0.3, -0.25) is 9.52 Å². The first kappa shape index (κ1) is 32.7. The first-order valence-electron chi connectivity index (χ1n) is 13.5. The van der Waals surface area contributed by atoms with E-state index in [4.69, 9.17) is 20.9 Å². The molecule has 2 N–H and O–H groups in total. The van der Waals surface area contributed by atoms with Crippen LogP contribution >= 0.6 is 11.6 Å². The summed E-state index contributed by atoms with van der Waals surface area (Å²) in [5.41, 5.74) is 0.777. The van der Waals surface area contributed by atoms with Gasteiger partial charge in [-0.2, -0.15) is 4.31 Å². The fourth-order valence-corrected chi connectivity index (χ4v) is 7.60. The zero-order chi connectivity index (χ0) is 31.7. The van der Waals surface area contributed by atoms with Crippen LogP contribution in [-0.2, 0) is 31.3 Å². The Balaban J connectivity index is 1.69. The van der Waals surface area contributed by atoms with Crippen LogP contribution in [0, 0.1) is 19.8 Å². The van der Waals surface area contributed by atoms with Crippen LogP contribution in [0.15, 0.2) is 56.8 Å². The maximum absolute atomic E-state index is 13.5. The monoisotopic (exact) mass is 654 g/mol. The van der Waals surface area contributed by atoms with Crippen LogP contribution in [0.3, 0.4) is 0 Å². The van der Waals surface area contributed by atoms with Gasteiger partial charge < -0.3 is 19.3 Å². The predicted molar refractivity (Wildman–Crippen MR) is 160 cm³/mol. The molecule has 0 bridgehead atoms. The lowest BCUT2D eigenvalue weighted by Crippen LogP contribution is -2.48. The second kappa shape index (κ2) is 12.8. The Kier molecular flexibility index (Phi) is 9.76. The van der Waals surface area contributed by atoms with Crippen molar-refractivity contribution < 1.29 is 36.0 Å². The molecule has 3 aromatic rings. The predicted octanol–water partition coefficient (Wildman–Crippen LogP) is 3.22. The van der Waals surface area contributed by atoms with E-state index >= 15 is 0 Å². The molecule has 0 unspecified atom stereocenters. The van der Waals surface area contributed by atoms with Gasteiger partial charge in [-0.15, -0.1) is 0 Å². The molecule has 15 heteroatoms. The number of sulfonamides is 2. The number of carbonyl (C=O) groups excluding carboxylic acids is 1. The summed E-state index contributed by atoms with van der Waals surface area (Å²) in [6.07, 6.45) is -0.853. The number of aryl methyl sites for hydroxylation is 2. The SMILES string of the molecule is Cc1noc(C)c1S(=O)(=O)Nc1ccc2c(c1)CC(=O)N([C@@H](C)CO)C[C@@H](C)[C@H](CN(C)S(=O)(=O)c1ccc(Cl)cc1)O2. The second-order valence-electron chi connectivity index (χ2n) is 10.7. The molecule has 234 valence electrons. The summed E-state index contributed by atoms with van der Waals surface area (Å²) in [5.74, 6) is -0.216. The molecular formula is C28H35ClN4O8S2. The number of aliphatic hydroxyl groups is 1. The van der Waals surface area contributed by atoms with Gasteiger partial charge >= 0.3 is 0 Å². The summed E-state index contributed by atoms with van der Waals surface area (Å²) < 4.78 is 68.0. The zero-order valence-corrected chi connectivity index (χ0v) is 26.8. The number of likely N-dealkylation sites (N-methyl/N-ethyl adjacent to an activating group) is 1. The third-order valence-electron chi connectivity index (χ3n) is 7.36. The van der Waals surface area contributed by atoms with Crippen molar-refractivity contribution in [3.63, 3.8) is 0 Å². The summed E-state index contributed by atoms with van der Waals surface area (Å²) in [6.45, 7) is 6.43. The highest BCUT2D eigenvalue weighted by Crippen LogP contribution is 2.31. The van der Waals surface area contributed by atoms with Gasteiger partial charge in [0.1, 0.15) is 17.5 Å². The number of aromatic nitrogens is 1. The van der Waals surface area contributed by atoms with E-state index in [0.717, 1.165) is 0 Å². The number of anilines is 1. The van der Waals surface area contributed by atoms with Crippen LogP contribution in [-0.4, -0.2) is 81.1 Å². The molecule has 43 heavy (non-hydrogen) atoms. The van der Waals surface area contributed by atoms with E-state index in [2.05, 4.69) is 9.88 Å². The highest BCUT2D eigenvalue weighted by atomic mass is 35.5. The van der Waals surface area contributed by atoms with E-state index in [1.165, 1.54) is 66.5 Å². The lowest BCUT2D eigenvalue weighted by atomic mass is 10.0. The Hall–Kier alpha value is -3.17. The Morgan fingerprint density at radius 1 is 1.16 bits per heavy atom. The minimum atomic E-state index is -4.06. The van der Waals surface area contributed by atoms with E-state index in [1.807, 2.05) is 6.92 Å². The minimum absolute atomic E-state index is 0.0540. The first-order valence-corrected chi connectivity index (χ1v) is 16.8. The molecule has 3 atom stereocenters. The molecule has 0 saturated heterocycles. The molecule has 2 heterocycles. The number of halogens is 1. The van der Waals surface area contributed by atoms with Crippen LogP contribution < -0.4 is 9.46 Å². The van der Waals surface area contributed by atoms with Crippen molar-refractivity contribution in [2.24, 2.45) is 5.92 Å². The van der Waals surface area contributed by atoms with Crippen molar-refractivity contribution in [3.8, 4) is 5.75 Å². The quantitative estimate of drug-likeness (QED) is 0.353. The van der Waals surface area contributed by atoms with E-state index in [-0.39, 0.29) is 64.9 Å². The highest BCUT2D eigenvalue weighted by Gasteiger charge is 2.34.